The molecular weight excluding hydrogens is 164 g/mol. The van der Waals surface area contributed by atoms with Crippen LogP contribution in [0.4, 0.5) is 0 Å². The number of carbonyl (C=O) groups is 1. The molecule has 0 aliphatic heterocycles. The number of hydrogen-bond acceptors (Lipinski definition) is 1. The molecule has 0 aromatic carbocycles. The van der Waals surface area contributed by atoms with Gasteiger partial charge < -0.3 is 5.11 Å². The monoisotopic (exact) mass is 182 g/mol. The predicted octanol–water partition coefficient (Wildman–Crippen LogP) is 2.99. The molecule has 1 N–H and O–H groups in total. The van der Waals surface area contributed by atoms with E-state index in [9.17, 15) is 4.79 Å². The lowest BCUT2D eigenvalue weighted by molar-refractivity contribution is -0.146. The Balaban J connectivity index is 2.56. The van der Waals surface area contributed by atoms with E-state index < -0.39 is 11.4 Å². The maximum atomic E-state index is 10.9. The van der Waals surface area contributed by atoms with E-state index in [2.05, 4.69) is 6.08 Å². The fraction of sp³-hybridized carbons (Fsp3) is 0.727. The van der Waals surface area contributed by atoms with Crippen molar-refractivity contribution in [3.8, 4) is 0 Å². The molecule has 0 radical (unpaired) electrons. The van der Waals surface area contributed by atoms with Crippen molar-refractivity contribution in [2.45, 2.75) is 46.0 Å². The molecule has 0 saturated heterocycles. The van der Waals surface area contributed by atoms with Crippen molar-refractivity contribution in [3.05, 3.63) is 11.6 Å². The Labute approximate surface area is 79.6 Å². The van der Waals surface area contributed by atoms with Gasteiger partial charge in [-0.3, -0.25) is 4.79 Å². The molecule has 0 fully saturated rings. The molecule has 0 saturated carbocycles. The first-order valence-electron chi connectivity index (χ1n) is 4.94. The van der Waals surface area contributed by atoms with Gasteiger partial charge in [0.1, 0.15) is 0 Å². The molecule has 0 aromatic heterocycles. The van der Waals surface area contributed by atoms with E-state index in [1.54, 1.807) is 13.8 Å². The van der Waals surface area contributed by atoms with Crippen LogP contribution >= 0.6 is 0 Å². The van der Waals surface area contributed by atoms with E-state index in [0.717, 1.165) is 12.8 Å². The van der Waals surface area contributed by atoms with Gasteiger partial charge in [0.2, 0.25) is 0 Å². The third kappa shape index (κ3) is 2.87. The number of carboxylic acids is 1. The first-order chi connectivity index (χ1) is 6.02. The smallest absolute Gasteiger partial charge is 0.309 e. The summed E-state index contributed by atoms with van der Waals surface area (Å²) in [5.74, 6) is -0.695. The Hall–Kier alpha value is -0.790. The van der Waals surface area contributed by atoms with Crippen molar-refractivity contribution in [1.82, 2.24) is 0 Å². The van der Waals surface area contributed by atoms with Gasteiger partial charge in [-0.25, -0.2) is 0 Å². The predicted molar refractivity (Wildman–Crippen MR) is 52.6 cm³/mol. The molecule has 0 amide bonds. The zero-order valence-corrected chi connectivity index (χ0v) is 8.47. The van der Waals surface area contributed by atoms with Crippen molar-refractivity contribution in [2.24, 2.45) is 5.41 Å². The normalized spacial score (nSPS) is 18.2. The number of carboxylic acid groups (broad SMARTS) is 1. The van der Waals surface area contributed by atoms with Gasteiger partial charge in [-0.15, -0.1) is 0 Å². The third-order valence-electron chi connectivity index (χ3n) is 2.63. The summed E-state index contributed by atoms with van der Waals surface area (Å²) < 4.78 is 0. The SMILES string of the molecule is CC(C)(CC1=CCCCC1)C(=O)O. The first kappa shape index (κ1) is 10.3. The molecular formula is C11H18O2. The van der Waals surface area contributed by atoms with Crippen molar-refractivity contribution in [1.29, 1.82) is 0 Å². The third-order valence-corrected chi connectivity index (χ3v) is 2.63. The van der Waals surface area contributed by atoms with Gasteiger partial charge in [0.15, 0.2) is 0 Å². The average Bonchev–Trinajstić information content (AvgIpc) is 2.05. The van der Waals surface area contributed by atoms with Crippen LogP contribution in [0.1, 0.15) is 46.0 Å². The molecule has 0 bridgehead atoms. The summed E-state index contributed by atoms with van der Waals surface area (Å²) in [5, 5.41) is 8.94. The molecule has 0 heterocycles. The van der Waals surface area contributed by atoms with Gasteiger partial charge in [-0.1, -0.05) is 11.6 Å². The molecule has 74 valence electrons. The Morgan fingerprint density at radius 1 is 1.54 bits per heavy atom. The van der Waals surface area contributed by atoms with Gasteiger partial charge in [0, 0.05) is 0 Å². The van der Waals surface area contributed by atoms with Crippen LogP contribution in [0.15, 0.2) is 11.6 Å². The summed E-state index contributed by atoms with van der Waals surface area (Å²) in [7, 11) is 0. The molecule has 0 spiro atoms. The Morgan fingerprint density at radius 2 is 2.23 bits per heavy atom. The Morgan fingerprint density at radius 3 is 2.69 bits per heavy atom. The van der Waals surface area contributed by atoms with Crippen molar-refractivity contribution in [3.63, 3.8) is 0 Å². The second kappa shape index (κ2) is 3.95. The molecule has 0 aromatic rings. The van der Waals surface area contributed by atoms with Crippen LogP contribution in [0.5, 0.6) is 0 Å². The molecule has 2 heteroatoms. The number of allylic oxidation sites excluding steroid dienone is 2. The maximum absolute atomic E-state index is 10.9. The van der Waals surface area contributed by atoms with Gasteiger partial charge >= 0.3 is 5.97 Å². The zero-order chi connectivity index (χ0) is 9.90. The number of hydrogen-bond donors (Lipinski definition) is 1. The zero-order valence-electron chi connectivity index (χ0n) is 8.47. The molecule has 2 nitrogen and oxygen atoms in total. The quantitative estimate of drug-likeness (QED) is 0.681. The Kier molecular flexibility index (Phi) is 3.12. The van der Waals surface area contributed by atoms with Crippen LogP contribution in [0.2, 0.25) is 0 Å². The summed E-state index contributed by atoms with van der Waals surface area (Å²) in [5.41, 5.74) is 0.738. The highest BCUT2D eigenvalue weighted by Crippen LogP contribution is 2.30. The van der Waals surface area contributed by atoms with Crippen LogP contribution in [-0.4, -0.2) is 11.1 Å². The topological polar surface area (TPSA) is 37.3 Å². The highest BCUT2D eigenvalue weighted by Gasteiger charge is 2.28. The number of aliphatic carboxylic acids is 1. The van der Waals surface area contributed by atoms with Crippen molar-refractivity contribution in [2.75, 3.05) is 0 Å². The standard InChI is InChI=1S/C11H18O2/c1-11(2,10(12)13)8-9-6-4-3-5-7-9/h6H,3-5,7-8H2,1-2H3,(H,12,13). The van der Waals surface area contributed by atoms with Crippen LogP contribution in [-0.2, 0) is 4.79 Å². The summed E-state index contributed by atoms with van der Waals surface area (Å²) in [6.07, 6.45) is 7.64. The van der Waals surface area contributed by atoms with E-state index in [4.69, 9.17) is 5.11 Å². The van der Waals surface area contributed by atoms with Crippen LogP contribution in [0, 0.1) is 5.41 Å². The Bertz CT molecular complexity index is 226. The largest absolute Gasteiger partial charge is 0.481 e. The molecule has 1 rings (SSSR count). The molecule has 13 heavy (non-hydrogen) atoms. The fourth-order valence-corrected chi connectivity index (χ4v) is 1.71. The fourth-order valence-electron chi connectivity index (χ4n) is 1.71. The second-order valence-electron chi connectivity index (χ2n) is 4.47. The summed E-state index contributed by atoms with van der Waals surface area (Å²) >= 11 is 0. The van der Waals surface area contributed by atoms with Crippen LogP contribution < -0.4 is 0 Å². The minimum absolute atomic E-state index is 0.594. The minimum Gasteiger partial charge on any atom is -0.481 e. The highest BCUT2D eigenvalue weighted by molar-refractivity contribution is 5.74. The van der Waals surface area contributed by atoms with Gasteiger partial charge in [0.25, 0.3) is 0 Å². The number of rotatable bonds is 3. The van der Waals surface area contributed by atoms with E-state index >= 15 is 0 Å². The lowest BCUT2D eigenvalue weighted by Gasteiger charge is -2.22. The molecule has 1 aliphatic rings. The average molecular weight is 182 g/mol. The van der Waals surface area contributed by atoms with Crippen molar-refractivity contribution < 1.29 is 9.90 Å². The molecule has 1 aliphatic carbocycles. The minimum atomic E-state index is -0.695. The van der Waals surface area contributed by atoms with Crippen molar-refractivity contribution >= 4 is 5.97 Å². The second-order valence-corrected chi connectivity index (χ2v) is 4.47. The highest BCUT2D eigenvalue weighted by atomic mass is 16.4. The summed E-state index contributed by atoms with van der Waals surface area (Å²) in [6.45, 7) is 3.59. The van der Waals surface area contributed by atoms with E-state index in [-0.39, 0.29) is 0 Å². The maximum Gasteiger partial charge on any atom is 0.309 e. The molecule has 0 atom stereocenters. The molecule has 0 unspecified atom stereocenters. The van der Waals surface area contributed by atoms with Gasteiger partial charge in [-0.2, -0.15) is 0 Å². The first-order valence-corrected chi connectivity index (χ1v) is 4.94. The summed E-state index contributed by atoms with van der Waals surface area (Å²) in [4.78, 5) is 10.9. The lowest BCUT2D eigenvalue weighted by Crippen LogP contribution is -2.24. The summed E-state index contributed by atoms with van der Waals surface area (Å²) in [6, 6.07) is 0. The van der Waals surface area contributed by atoms with Crippen LogP contribution in [0.3, 0.4) is 0 Å². The lowest BCUT2D eigenvalue weighted by atomic mass is 9.82. The van der Waals surface area contributed by atoms with E-state index in [1.165, 1.54) is 18.4 Å². The van der Waals surface area contributed by atoms with Crippen LogP contribution in [0.25, 0.3) is 0 Å². The van der Waals surface area contributed by atoms with Gasteiger partial charge in [0.05, 0.1) is 5.41 Å². The van der Waals surface area contributed by atoms with E-state index in [1.807, 2.05) is 0 Å². The van der Waals surface area contributed by atoms with Gasteiger partial charge in [-0.05, 0) is 46.0 Å². The van der Waals surface area contributed by atoms with E-state index in [0.29, 0.717) is 6.42 Å².